The third kappa shape index (κ3) is 4.42. The number of hydrogen-bond donors (Lipinski definition) is 2. The van der Waals surface area contributed by atoms with Crippen LogP contribution in [0.4, 0.5) is 0 Å². The van der Waals surface area contributed by atoms with Gasteiger partial charge < -0.3 is 10.6 Å². The molecule has 22 heavy (non-hydrogen) atoms. The van der Waals surface area contributed by atoms with Gasteiger partial charge in [0, 0.05) is 24.7 Å². The number of hydrogen-bond acceptors (Lipinski definition) is 4. The van der Waals surface area contributed by atoms with E-state index in [2.05, 4.69) is 10.6 Å². The van der Waals surface area contributed by atoms with E-state index in [1.165, 1.54) is 31.3 Å². The molecule has 1 aliphatic heterocycles. The first kappa shape index (κ1) is 17.2. The standard InChI is InChI=1S/C14H20ClN3O3S/c1-18(10-14(19)17-12-3-2-8-16-9-12)22(20,21)13-6-4-11(15)5-7-13/h4-7,12,16H,2-3,8-10H2,1H3,(H,17,19)/t12-/m0/s1. The van der Waals surface area contributed by atoms with Crippen molar-refractivity contribution in [3.8, 4) is 0 Å². The molecule has 0 spiro atoms. The van der Waals surface area contributed by atoms with Crippen molar-refractivity contribution in [2.45, 2.75) is 23.8 Å². The topological polar surface area (TPSA) is 78.5 Å². The summed E-state index contributed by atoms with van der Waals surface area (Å²) >= 11 is 5.76. The third-order valence-corrected chi connectivity index (χ3v) is 5.62. The molecule has 1 atom stereocenters. The first-order valence-corrected chi connectivity index (χ1v) is 8.93. The second-order valence-corrected chi connectivity index (χ2v) is 7.81. The van der Waals surface area contributed by atoms with E-state index in [0.717, 1.165) is 30.2 Å². The van der Waals surface area contributed by atoms with Crippen LogP contribution in [0.1, 0.15) is 12.8 Å². The summed E-state index contributed by atoms with van der Waals surface area (Å²) in [6, 6.07) is 5.94. The van der Waals surface area contributed by atoms with Crippen molar-refractivity contribution in [3.63, 3.8) is 0 Å². The van der Waals surface area contributed by atoms with Gasteiger partial charge >= 0.3 is 0 Å². The molecule has 1 aromatic carbocycles. The first-order chi connectivity index (χ1) is 10.4. The number of nitrogens with one attached hydrogen (secondary N) is 2. The van der Waals surface area contributed by atoms with Crippen molar-refractivity contribution in [2.24, 2.45) is 0 Å². The number of nitrogens with zero attached hydrogens (tertiary/aromatic N) is 1. The molecule has 8 heteroatoms. The van der Waals surface area contributed by atoms with Crippen LogP contribution < -0.4 is 10.6 Å². The van der Waals surface area contributed by atoms with Gasteiger partial charge in [-0.05, 0) is 43.7 Å². The minimum Gasteiger partial charge on any atom is -0.351 e. The zero-order chi connectivity index (χ0) is 16.2. The molecule has 122 valence electrons. The normalized spacial score (nSPS) is 19.1. The van der Waals surface area contributed by atoms with Gasteiger partial charge in [0.25, 0.3) is 0 Å². The quantitative estimate of drug-likeness (QED) is 0.828. The number of carbonyl (C=O) groups is 1. The number of carbonyl (C=O) groups excluding carboxylic acids is 1. The Balaban J connectivity index is 1.96. The number of halogens is 1. The maximum absolute atomic E-state index is 12.4. The highest BCUT2D eigenvalue weighted by Gasteiger charge is 2.24. The van der Waals surface area contributed by atoms with Gasteiger partial charge in [-0.2, -0.15) is 4.31 Å². The number of piperidine rings is 1. The summed E-state index contributed by atoms with van der Waals surface area (Å²) in [5.74, 6) is -0.297. The van der Waals surface area contributed by atoms with Crippen LogP contribution in [0.2, 0.25) is 5.02 Å². The summed E-state index contributed by atoms with van der Waals surface area (Å²) < 4.78 is 25.8. The highest BCUT2D eigenvalue weighted by Crippen LogP contribution is 2.17. The van der Waals surface area contributed by atoms with E-state index in [9.17, 15) is 13.2 Å². The Kier molecular flexibility index (Phi) is 5.80. The van der Waals surface area contributed by atoms with Crippen LogP contribution in [0.15, 0.2) is 29.2 Å². The van der Waals surface area contributed by atoms with Crippen molar-refractivity contribution in [1.82, 2.24) is 14.9 Å². The van der Waals surface area contributed by atoms with Crippen molar-refractivity contribution < 1.29 is 13.2 Å². The van der Waals surface area contributed by atoms with Crippen molar-refractivity contribution in [3.05, 3.63) is 29.3 Å². The van der Waals surface area contributed by atoms with Crippen molar-refractivity contribution in [1.29, 1.82) is 0 Å². The molecule has 2 N–H and O–H groups in total. The Morgan fingerprint density at radius 2 is 2.09 bits per heavy atom. The number of amides is 1. The summed E-state index contributed by atoms with van der Waals surface area (Å²) in [6.45, 7) is 1.47. The van der Waals surface area contributed by atoms with Crippen LogP contribution in [0, 0.1) is 0 Å². The Labute approximate surface area is 135 Å². The molecule has 1 saturated heterocycles. The lowest BCUT2D eigenvalue weighted by Gasteiger charge is -2.25. The van der Waals surface area contributed by atoms with E-state index in [1.54, 1.807) is 0 Å². The monoisotopic (exact) mass is 345 g/mol. The lowest BCUT2D eigenvalue weighted by atomic mass is 10.1. The fourth-order valence-electron chi connectivity index (χ4n) is 2.32. The van der Waals surface area contributed by atoms with Gasteiger partial charge in [0.1, 0.15) is 0 Å². The minimum absolute atomic E-state index is 0.0629. The predicted octanol–water partition coefficient (Wildman–Crippen LogP) is 0.829. The predicted molar refractivity (Wildman–Crippen MR) is 85.3 cm³/mol. The first-order valence-electron chi connectivity index (χ1n) is 7.11. The van der Waals surface area contributed by atoms with Crippen LogP contribution in [0.5, 0.6) is 0 Å². The molecule has 1 aliphatic rings. The molecule has 0 bridgehead atoms. The van der Waals surface area contributed by atoms with E-state index < -0.39 is 10.0 Å². The van der Waals surface area contributed by atoms with Crippen LogP contribution in [0.25, 0.3) is 0 Å². The molecule has 0 radical (unpaired) electrons. The number of sulfonamides is 1. The van der Waals surface area contributed by atoms with Crippen molar-refractivity contribution in [2.75, 3.05) is 26.7 Å². The molecule has 2 rings (SSSR count). The highest BCUT2D eigenvalue weighted by atomic mass is 35.5. The van der Waals surface area contributed by atoms with Gasteiger partial charge in [-0.1, -0.05) is 11.6 Å². The van der Waals surface area contributed by atoms with E-state index in [4.69, 9.17) is 11.6 Å². The van der Waals surface area contributed by atoms with Gasteiger partial charge in [0.2, 0.25) is 15.9 Å². The molecular formula is C14H20ClN3O3S. The molecule has 0 saturated carbocycles. The molecule has 0 unspecified atom stereocenters. The van der Waals surface area contributed by atoms with E-state index in [0.29, 0.717) is 5.02 Å². The molecule has 0 aromatic heterocycles. The summed E-state index contributed by atoms with van der Waals surface area (Å²) in [7, 11) is -2.30. The smallest absolute Gasteiger partial charge is 0.243 e. The Hall–Kier alpha value is -1.15. The van der Waals surface area contributed by atoms with Crippen molar-refractivity contribution >= 4 is 27.5 Å². The Morgan fingerprint density at radius 1 is 1.41 bits per heavy atom. The lowest BCUT2D eigenvalue weighted by molar-refractivity contribution is -0.121. The molecule has 1 amide bonds. The number of rotatable bonds is 5. The second kappa shape index (κ2) is 7.41. The largest absolute Gasteiger partial charge is 0.351 e. The molecule has 0 aliphatic carbocycles. The lowest BCUT2D eigenvalue weighted by Crippen LogP contribution is -2.48. The van der Waals surface area contributed by atoms with Crippen LogP contribution in [0.3, 0.4) is 0 Å². The fourth-order valence-corrected chi connectivity index (χ4v) is 3.58. The maximum Gasteiger partial charge on any atom is 0.243 e. The zero-order valence-corrected chi connectivity index (χ0v) is 14.0. The average Bonchev–Trinajstić information content (AvgIpc) is 2.48. The Bertz CT molecular complexity index is 613. The number of benzene rings is 1. The SMILES string of the molecule is CN(CC(=O)N[C@H]1CCCNC1)S(=O)(=O)c1ccc(Cl)cc1. The number of likely N-dealkylation sites (N-methyl/N-ethyl adjacent to an activating group) is 1. The average molecular weight is 346 g/mol. The summed E-state index contributed by atoms with van der Waals surface area (Å²) in [5, 5.41) is 6.51. The van der Waals surface area contributed by atoms with Gasteiger partial charge in [0.15, 0.2) is 0 Å². The molecular weight excluding hydrogens is 326 g/mol. The van der Waals surface area contributed by atoms with E-state index in [-0.39, 0.29) is 23.4 Å². The van der Waals surface area contributed by atoms with Crippen LogP contribution in [-0.2, 0) is 14.8 Å². The molecule has 1 fully saturated rings. The third-order valence-electron chi connectivity index (χ3n) is 3.55. The fraction of sp³-hybridized carbons (Fsp3) is 0.500. The van der Waals surface area contributed by atoms with Gasteiger partial charge in [0.05, 0.1) is 11.4 Å². The second-order valence-electron chi connectivity index (χ2n) is 5.33. The molecule has 1 heterocycles. The summed E-state index contributed by atoms with van der Waals surface area (Å²) in [6.07, 6.45) is 1.91. The zero-order valence-electron chi connectivity index (χ0n) is 12.4. The van der Waals surface area contributed by atoms with Gasteiger partial charge in [-0.25, -0.2) is 8.42 Å². The molecule has 6 nitrogen and oxygen atoms in total. The van der Waals surface area contributed by atoms with Crippen LogP contribution >= 0.6 is 11.6 Å². The van der Waals surface area contributed by atoms with Gasteiger partial charge in [-0.3, -0.25) is 4.79 Å². The minimum atomic E-state index is -3.69. The Morgan fingerprint density at radius 3 is 2.68 bits per heavy atom. The summed E-state index contributed by atoms with van der Waals surface area (Å²) in [5.41, 5.74) is 0. The molecule has 1 aromatic rings. The maximum atomic E-state index is 12.4. The van der Waals surface area contributed by atoms with E-state index >= 15 is 0 Å². The summed E-state index contributed by atoms with van der Waals surface area (Å²) in [4.78, 5) is 12.1. The van der Waals surface area contributed by atoms with Crippen LogP contribution in [-0.4, -0.2) is 51.4 Å². The van der Waals surface area contributed by atoms with E-state index in [1.807, 2.05) is 0 Å². The highest BCUT2D eigenvalue weighted by molar-refractivity contribution is 7.89. The van der Waals surface area contributed by atoms with Gasteiger partial charge in [-0.15, -0.1) is 0 Å².